The molecule has 1 aliphatic rings. The molecule has 2 aromatic carbocycles. The van der Waals surface area contributed by atoms with Crippen LogP contribution in [0.3, 0.4) is 0 Å². The molecular weight excluding hydrogens is 360 g/mol. The van der Waals surface area contributed by atoms with E-state index in [1.54, 1.807) is 12.1 Å². The van der Waals surface area contributed by atoms with E-state index >= 15 is 0 Å². The third kappa shape index (κ3) is 4.84. The Morgan fingerprint density at radius 1 is 1.07 bits per heavy atom. The highest BCUT2D eigenvalue weighted by molar-refractivity contribution is 5.43. The van der Waals surface area contributed by atoms with Crippen LogP contribution in [0.4, 0.5) is 0 Å². The average Bonchev–Trinajstić information content (AvgIpc) is 2.69. The molecule has 3 atom stereocenters. The van der Waals surface area contributed by atoms with Crippen molar-refractivity contribution in [3.63, 3.8) is 0 Å². The van der Waals surface area contributed by atoms with Crippen LogP contribution in [0.25, 0.3) is 0 Å². The van der Waals surface area contributed by atoms with Gasteiger partial charge in [0.2, 0.25) is 0 Å². The van der Waals surface area contributed by atoms with Gasteiger partial charge < -0.3 is 14.6 Å². The molecular formula is C26H34O3. The SMILES string of the molecule is C=CCC(C)(c1ccc(O)cc1)c1ccc(OC(C)(C)C2CCOC(C)C2)cc1. The largest absolute Gasteiger partial charge is 0.508 e. The summed E-state index contributed by atoms with van der Waals surface area (Å²) < 4.78 is 12.1. The van der Waals surface area contributed by atoms with E-state index in [1.807, 2.05) is 18.2 Å². The van der Waals surface area contributed by atoms with Gasteiger partial charge in [-0.1, -0.05) is 37.3 Å². The lowest BCUT2D eigenvalue weighted by Crippen LogP contribution is -2.42. The minimum absolute atomic E-state index is 0.209. The number of hydrogen-bond acceptors (Lipinski definition) is 3. The molecule has 0 bridgehead atoms. The number of allylic oxidation sites excluding steroid dienone is 1. The highest BCUT2D eigenvalue weighted by Crippen LogP contribution is 2.38. The molecule has 2 aromatic rings. The fraction of sp³-hybridized carbons (Fsp3) is 0.462. The van der Waals surface area contributed by atoms with Crippen molar-refractivity contribution in [3.05, 3.63) is 72.3 Å². The Hall–Kier alpha value is -2.26. The minimum Gasteiger partial charge on any atom is -0.508 e. The molecule has 1 fully saturated rings. The van der Waals surface area contributed by atoms with Crippen molar-refractivity contribution in [3.8, 4) is 11.5 Å². The quantitative estimate of drug-likeness (QED) is 0.564. The van der Waals surface area contributed by atoms with E-state index < -0.39 is 0 Å². The van der Waals surface area contributed by atoms with Crippen molar-refractivity contribution in [2.24, 2.45) is 5.92 Å². The number of hydrogen-bond donors (Lipinski definition) is 1. The van der Waals surface area contributed by atoms with Gasteiger partial charge >= 0.3 is 0 Å². The first-order valence-corrected chi connectivity index (χ1v) is 10.6. The molecule has 3 rings (SSSR count). The molecule has 29 heavy (non-hydrogen) atoms. The molecule has 1 saturated heterocycles. The van der Waals surface area contributed by atoms with Crippen LogP contribution < -0.4 is 4.74 Å². The number of phenolic OH excluding ortho intramolecular Hbond substituents is 1. The Labute approximate surface area is 175 Å². The molecule has 0 radical (unpaired) electrons. The zero-order valence-electron chi connectivity index (χ0n) is 18.2. The van der Waals surface area contributed by atoms with Crippen molar-refractivity contribution in [1.82, 2.24) is 0 Å². The topological polar surface area (TPSA) is 38.7 Å². The average molecular weight is 395 g/mol. The predicted molar refractivity (Wildman–Crippen MR) is 119 cm³/mol. The maximum atomic E-state index is 9.65. The van der Waals surface area contributed by atoms with Crippen LogP contribution in [0, 0.1) is 5.92 Å². The summed E-state index contributed by atoms with van der Waals surface area (Å²) in [6.45, 7) is 13.5. The maximum absolute atomic E-state index is 9.65. The van der Waals surface area contributed by atoms with E-state index in [0.717, 1.165) is 37.2 Å². The van der Waals surface area contributed by atoms with Crippen molar-refractivity contribution < 1.29 is 14.6 Å². The molecule has 0 aromatic heterocycles. The van der Waals surface area contributed by atoms with Gasteiger partial charge in [-0.25, -0.2) is 0 Å². The second-order valence-electron chi connectivity index (χ2n) is 9.00. The molecule has 3 heteroatoms. The lowest BCUT2D eigenvalue weighted by molar-refractivity contribution is -0.0589. The monoisotopic (exact) mass is 394 g/mol. The second kappa shape index (κ2) is 8.62. The van der Waals surface area contributed by atoms with Gasteiger partial charge in [0.25, 0.3) is 0 Å². The normalized spacial score (nSPS) is 21.9. The van der Waals surface area contributed by atoms with Crippen LogP contribution in [0.15, 0.2) is 61.2 Å². The van der Waals surface area contributed by atoms with E-state index in [9.17, 15) is 5.11 Å². The lowest BCUT2D eigenvalue weighted by Gasteiger charge is -2.39. The summed E-state index contributed by atoms with van der Waals surface area (Å²) >= 11 is 0. The van der Waals surface area contributed by atoms with Gasteiger partial charge in [-0.2, -0.15) is 0 Å². The summed E-state index contributed by atoms with van der Waals surface area (Å²) in [4.78, 5) is 0. The molecule has 1 N–H and O–H groups in total. The number of phenols is 1. The number of benzene rings is 2. The summed E-state index contributed by atoms with van der Waals surface area (Å²) in [7, 11) is 0. The van der Waals surface area contributed by atoms with Gasteiger partial charge in [-0.15, -0.1) is 6.58 Å². The first-order chi connectivity index (χ1) is 13.7. The van der Waals surface area contributed by atoms with E-state index in [-0.39, 0.29) is 16.8 Å². The van der Waals surface area contributed by atoms with Crippen molar-refractivity contribution in [1.29, 1.82) is 0 Å². The molecule has 1 aliphatic heterocycles. The highest BCUT2D eigenvalue weighted by atomic mass is 16.5. The minimum atomic E-state index is -0.235. The van der Waals surface area contributed by atoms with E-state index in [1.165, 1.54) is 5.56 Å². The molecule has 0 aliphatic carbocycles. The third-order valence-electron chi connectivity index (χ3n) is 6.40. The summed E-state index contributed by atoms with van der Waals surface area (Å²) in [6.07, 6.45) is 5.12. The van der Waals surface area contributed by atoms with Crippen molar-refractivity contribution in [2.45, 2.75) is 64.1 Å². The summed E-state index contributed by atoms with van der Waals surface area (Å²) in [5, 5.41) is 9.65. The van der Waals surface area contributed by atoms with E-state index in [4.69, 9.17) is 9.47 Å². The van der Waals surface area contributed by atoms with Gasteiger partial charge in [-0.3, -0.25) is 0 Å². The number of aromatic hydroxyl groups is 1. The van der Waals surface area contributed by atoms with Crippen molar-refractivity contribution >= 4 is 0 Å². The first kappa shape index (κ1) is 21.4. The Balaban J connectivity index is 1.80. The summed E-state index contributed by atoms with van der Waals surface area (Å²) in [6, 6.07) is 15.9. The smallest absolute Gasteiger partial charge is 0.120 e. The van der Waals surface area contributed by atoms with Gasteiger partial charge in [0.05, 0.1) is 6.10 Å². The highest BCUT2D eigenvalue weighted by Gasteiger charge is 2.35. The van der Waals surface area contributed by atoms with Crippen LogP contribution in [-0.4, -0.2) is 23.4 Å². The molecule has 0 amide bonds. The number of ether oxygens (including phenoxy) is 2. The molecule has 0 spiro atoms. The Morgan fingerprint density at radius 3 is 2.21 bits per heavy atom. The molecule has 3 nitrogen and oxygen atoms in total. The predicted octanol–water partition coefficient (Wildman–Crippen LogP) is 6.25. The fourth-order valence-corrected chi connectivity index (χ4v) is 4.43. The van der Waals surface area contributed by atoms with E-state index in [0.29, 0.717) is 12.0 Å². The Morgan fingerprint density at radius 2 is 1.66 bits per heavy atom. The Bertz CT molecular complexity index is 807. The third-order valence-corrected chi connectivity index (χ3v) is 6.40. The fourth-order valence-electron chi connectivity index (χ4n) is 4.43. The zero-order valence-corrected chi connectivity index (χ0v) is 18.2. The molecule has 0 saturated carbocycles. The van der Waals surface area contributed by atoms with Crippen molar-refractivity contribution in [2.75, 3.05) is 6.61 Å². The summed E-state index contributed by atoms with van der Waals surface area (Å²) in [5.74, 6) is 1.65. The van der Waals surface area contributed by atoms with Crippen LogP contribution in [-0.2, 0) is 10.2 Å². The second-order valence-corrected chi connectivity index (χ2v) is 9.00. The van der Waals surface area contributed by atoms with Gasteiger partial charge in [-0.05, 0) is 75.4 Å². The van der Waals surface area contributed by atoms with Gasteiger partial charge in [0.15, 0.2) is 0 Å². The van der Waals surface area contributed by atoms with Crippen LogP contribution in [0.1, 0.15) is 58.1 Å². The number of rotatable bonds is 7. The van der Waals surface area contributed by atoms with E-state index in [2.05, 4.69) is 58.5 Å². The van der Waals surface area contributed by atoms with Crippen LogP contribution in [0.2, 0.25) is 0 Å². The summed E-state index contributed by atoms with van der Waals surface area (Å²) in [5.41, 5.74) is 1.91. The first-order valence-electron chi connectivity index (χ1n) is 10.6. The molecule has 1 heterocycles. The zero-order chi connectivity index (χ0) is 21.1. The lowest BCUT2D eigenvalue weighted by atomic mass is 9.74. The van der Waals surface area contributed by atoms with Crippen LogP contribution >= 0.6 is 0 Å². The molecule has 3 unspecified atom stereocenters. The van der Waals surface area contributed by atoms with Crippen LogP contribution in [0.5, 0.6) is 11.5 Å². The Kier molecular flexibility index (Phi) is 6.38. The molecule has 156 valence electrons. The maximum Gasteiger partial charge on any atom is 0.120 e. The van der Waals surface area contributed by atoms with Gasteiger partial charge in [0.1, 0.15) is 17.1 Å². The van der Waals surface area contributed by atoms with Gasteiger partial charge in [0, 0.05) is 17.9 Å². The standard InChI is InChI=1S/C26H34O3/c1-6-16-26(5,20-7-11-23(27)12-8-20)21-9-13-24(14-10-21)29-25(3,4)22-15-17-28-19(2)18-22/h6-14,19,22,27H,1,15-18H2,2-5H3.